The molecule has 0 saturated heterocycles. The molecule has 2 aliphatic rings. The van der Waals surface area contributed by atoms with Crippen molar-refractivity contribution in [1.82, 2.24) is 5.32 Å². The molecular weight excluding hydrogens is 176 g/mol. The normalized spacial score (nSPS) is 42.4. The molecule has 2 aliphatic carbocycles. The SMILES string of the molecule is CCOC1CC(NC2CCC(N)C2)C1. The Balaban J connectivity index is 1.60. The van der Waals surface area contributed by atoms with E-state index in [0.29, 0.717) is 24.2 Å². The lowest BCUT2D eigenvalue weighted by Crippen LogP contribution is -2.49. The highest BCUT2D eigenvalue weighted by Gasteiger charge is 2.32. The summed E-state index contributed by atoms with van der Waals surface area (Å²) in [5.74, 6) is 0. The Morgan fingerprint density at radius 1 is 1.21 bits per heavy atom. The number of nitrogens with two attached hydrogens (primary N) is 1. The summed E-state index contributed by atoms with van der Waals surface area (Å²) in [4.78, 5) is 0. The lowest BCUT2D eigenvalue weighted by Gasteiger charge is -2.37. The summed E-state index contributed by atoms with van der Waals surface area (Å²) >= 11 is 0. The van der Waals surface area contributed by atoms with E-state index in [0.717, 1.165) is 13.0 Å². The standard InChI is InChI=1S/C11H22N2O/c1-2-14-11-6-10(7-11)13-9-4-3-8(12)5-9/h8-11,13H,2-7,12H2,1H3. The lowest BCUT2D eigenvalue weighted by atomic mass is 9.88. The van der Waals surface area contributed by atoms with Crippen LogP contribution >= 0.6 is 0 Å². The first-order valence-corrected chi connectivity index (χ1v) is 5.91. The second kappa shape index (κ2) is 4.60. The summed E-state index contributed by atoms with van der Waals surface area (Å²) in [7, 11) is 0. The maximum atomic E-state index is 5.87. The molecule has 2 rings (SSSR count). The van der Waals surface area contributed by atoms with Gasteiger partial charge in [-0.2, -0.15) is 0 Å². The maximum absolute atomic E-state index is 5.87. The van der Waals surface area contributed by atoms with Gasteiger partial charge in [-0.25, -0.2) is 0 Å². The van der Waals surface area contributed by atoms with Gasteiger partial charge in [-0.1, -0.05) is 0 Å². The molecule has 3 N–H and O–H groups in total. The minimum absolute atomic E-state index is 0.440. The molecular formula is C11H22N2O. The van der Waals surface area contributed by atoms with Crippen LogP contribution in [0.2, 0.25) is 0 Å². The molecule has 2 unspecified atom stereocenters. The third kappa shape index (κ3) is 2.47. The molecule has 0 aromatic carbocycles. The molecule has 0 radical (unpaired) electrons. The fourth-order valence-electron chi connectivity index (χ4n) is 2.57. The zero-order valence-corrected chi connectivity index (χ0v) is 9.04. The fourth-order valence-corrected chi connectivity index (χ4v) is 2.57. The Morgan fingerprint density at radius 2 is 2.00 bits per heavy atom. The number of nitrogens with one attached hydrogen (secondary N) is 1. The minimum atomic E-state index is 0.440. The zero-order chi connectivity index (χ0) is 9.97. The molecule has 3 nitrogen and oxygen atoms in total. The van der Waals surface area contributed by atoms with Crippen LogP contribution in [0.5, 0.6) is 0 Å². The number of hydrogen-bond acceptors (Lipinski definition) is 3. The summed E-state index contributed by atoms with van der Waals surface area (Å²) in [6.07, 6.45) is 6.53. The Morgan fingerprint density at radius 3 is 2.57 bits per heavy atom. The monoisotopic (exact) mass is 198 g/mol. The molecule has 14 heavy (non-hydrogen) atoms. The van der Waals surface area contributed by atoms with Crippen molar-refractivity contribution < 1.29 is 4.74 Å². The van der Waals surface area contributed by atoms with Crippen molar-refractivity contribution in [1.29, 1.82) is 0 Å². The Labute approximate surface area is 86.4 Å². The van der Waals surface area contributed by atoms with E-state index in [1.54, 1.807) is 0 Å². The lowest BCUT2D eigenvalue weighted by molar-refractivity contribution is -0.0122. The van der Waals surface area contributed by atoms with Crippen LogP contribution in [0.1, 0.15) is 39.0 Å². The second-order valence-electron chi connectivity index (χ2n) is 4.68. The van der Waals surface area contributed by atoms with Gasteiger partial charge >= 0.3 is 0 Å². The van der Waals surface area contributed by atoms with Gasteiger partial charge in [-0.3, -0.25) is 0 Å². The van der Waals surface area contributed by atoms with Gasteiger partial charge in [-0.05, 0) is 39.0 Å². The molecule has 0 heterocycles. The summed E-state index contributed by atoms with van der Waals surface area (Å²) in [5.41, 5.74) is 5.87. The summed E-state index contributed by atoms with van der Waals surface area (Å²) < 4.78 is 5.53. The molecule has 3 heteroatoms. The van der Waals surface area contributed by atoms with E-state index in [9.17, 15) is 0 Å². The predicted molar refractivity (Wildman–Crippen MR) is 57.2 cm³/mol. The van der Waals surface area contributed by atoms with Crippen LogP contribution in [0, 0.1) is 0 Å². The maximum Gasteiger partial charge on any atom is 0.0604 e. The average Bonchev–Trinajstić information content (AvgIpc) is 2.48. The van der Waals surface area contributed by atoms with Crippen LogP contribution < -0.4 is 11.1 Å². The van der Waals surface area contributed by atoms with Gasteiger partial charge in [0.15, 0.2) is 0 Å². The number of ether oxygens (including phenoxy) is 1. The largest absolute Gasteiger partial charge is 0.378 e. The molecule has 0 spiro atoms. The smallest absolute Gasteiger partial charge is 0.0604 e. The zero-order valence-electron chi connectivity index (χ0n) is 9.04. The molecule has 0 amide bonds. The van der Waals surface area contributed by atoms with E-state index >= 15 is 0 Å². The topological polar surface area (TPSA) is 47.3 Å². The van der Waals surface area contributed by atoms with E-state index in [4.69, 9.17) is 10.5 Å². The van der Waals surface area contributed by atoms with Crippen molar-refractivity contribution in [2.45, 2.75) is 63.3 Å². The van der Waals surface area contributed by atoms with Gasteiger partial charge < -0.3 is 15.8 Å². The van der Waals surface area contributed by atoms with Crippen LogP contribution in [-0.2, 0) is 4.74 Å². The molecule has 0 aliphatic heterocycles. The summed E-state index contributed by atoms with van der Waals surface area (Å²) in [5, 5.41) is 3.67. The average molecular weight is 198 g/mol. The van der Waals surface area contributed by atoms with E-state index in [2.05, 4.69) is 12.2 Å². The van der Waals surface area contributed by atoms with Crippen molar-refractivity contribution in [3.05, 3.63) is 0 Å². The molecule has 0 aromatic heterocycles. The third-order valence-corrected chi connectivity index (χ3v) is 3.44. The highest BCUT2D eigenvalue weighted by atomic mass is 16.5. The van der Waals surface area contributed by atoms with Crippen molar-refractivity contribution >= 4 is 0 Å². The summed E-state index contributed by atoms with van der Waals surface area (Å²) in [6.45, 7) is 2.92. The van der Waals surface area contributed by atoms with Gasteiger partial charge in [0.25, 0.3) is 0 Å². The molecule has 0 aromatic rings. The minimum Gasteiger partial charge on any atom is -0.378 e. The molecule has 82 valence electrons. The van der Waals surface area contributed by atoms with Gasteiger partial charge in [-0.15, -0.1) is 0 Å². The number of hydrogen-bond donors (Lipinski definition) is 2. The van der Waals surface area contributed by atoms with E-state index in [-0.39, 0.29) is 0 Å². The third-order valence-electron chi connectivity index (χ3n) is 3.44. The van der Waals surface area contributed by atoms with Gasteiger partial charge in [0.1, 0.15) is 0 Å². The van der Waals surface area contributed by atoms with E-state index < -0.39 is 0 Å². The molecule has 2 saturated carbocycles. The quantitative estimate of drug-likeness (QED) is 0.709. The van der Waals surface area contributed by atoms with Crippen molar-refractivity contribution in [3.8, 4) is 0 Å². The van der Waals surface area contributed by atoms with Crippen molar-refractivity contribution in [3.63, 3.8) is 0 Å². The Kier molecular flexibility index (Phi) is 3.42. The van der Waals surface area contributed by atoms with Crippen LogP contribution in [0.3, 0.4) is 0 Å². The van der Waals surface area contributed by atoms with Crippen LogP contribution in [0.4, 0.5) is 0 Å². The molecule has 2 atom stereocenters. The van der Waals surface area contributed by atoms with Crippen LogP contribution in [0.15, 0.2) is 0 Å². The van der Waals surface area contributed by atoms with E-state index in [1.165, 1.54) is 25.7 Å². The number of rotatable bonds is 4. The van der Waals surface area contributed by atoms with Crippen molar-refractivity contribution in [2.24, 2.45) is 5.73 Å². The second-order valence-corrected chi connectivity index (χ2v) is 4.68. The first-order chi connectivity index (χ1) is 6.78. The first-order valence-electron chi connectivity index (χ1n) is 5.91. The first kappa shape index (κ1) is 10.4. The highest BCUT2D eigenvalue weighted by Crippen LogP contribution is 2.26. The fraction of sp³-hybridized carbons (Fsp3) is 1.00. The van der Waals surface area contributed by atoms with Gasteiger partial charge in [0.05, 0.1) is 6.10 Å². The molecule has 2 fully saturated rings. The summed E-state index contributed by atoms with van der Waals surface area (Å²) in [6, 6.07) is 1.81. The van der Waals surface area contributed by atoms with E-state index in [1.807, 2.05) is 0 Å². The van der Waals surface area contributed by atoms with Crippen LogP contribution in [-0.4, -0.2) is 30.8 Å². The highest BCUT2D eigenvalue weighted by molar-refractivity contribution is 4.91. The van der Waals surface area contributed by atoms with Gasteiger partial charge in [0.2, 0.25) is 0 Å². The van der Waals surface area contributed by atoms with Crippen LogP contribution in [0.25, 0.3) is 0 Å². The Hall–Kier alpha value is -0.120. The van der Waals surface area contributed by atoms with Gasteiger partial charge in [0, 0.05) is 24.7 Å². The van der Waals surface area contributed by atoms with Crippen molar-refractivity contribution in [2.75, 3.05) is 6.61 Å². The Bertz CT molecular complexity index is 180. The molecule has 0 bridgehead atoms. The predicted octanol–water partition coefficient (Wildman–Crippen LogP) is 1.02.